The highest BCUT2D eigenvalue weighted by atomic mass is 35.5. The minimum atomic E-state index is -1.09. The van der Waals surface area contributed by atoms with Gasteiger partial charge in [-0.1, -0.05) is 47.9 Å². The summed E-state index contributed by atoms with van der Waals surface area (Å²) in [5.41, 5.74) is 0.963. The van der Waals surface area contributed by atoms with Gasteiger partial charge in [-0.05, 0) is 50.6 Å². The van der Waals surface area contributed by atoms with Gasteiger partial charge in [0, 0.05) is 34.2 Å². The van der Waals surface area contributed by atoms with Crippen LogP contribution in [0, 0.1) is 11.8 Å². The average molecular weight is 535 g/mol. The van der Waals surface area contributed by atoms with E-state index in [-0.39, 0.29) is 0 Å². The van der Waals surface area contributed by atoms with Crippen LogP contribution in [0.25, 0.3) is 0 Å². The van der Waals surface area contributed by atoms with Crippen molar-refractivity contribution in [2.75, 3.05) is 26.2 Å². The van der Waals surface area contributed by atoms with Gasteiger partial charge in [-0.3, -0.25) is 14.5 Å². The number of ether oxygens (including phenoxy) is 3. The van der Waals surface area contributed by atoms with Crippen molar-refractivity contribution in [3.63, 3.8) is 0 Å². The zero-order valence-electron chi connectivity index (χ0n) is 22.3. The Labute approximate surface area is 228 Å². The van der Waals surface area contributed by atoms with Gasteiger partial charge >= 0.3 is 5.91 Å². The second-order valence-electron chi connectivity index (χ2n) is 9.37. The molecule has 0 radical (unpaired) electrons. The van der Waals surface area contributed by atoms with E-state index in [4.69, 9.17) is 25.8 Å². The summed E-state index contributed by atoms with van der Waals surface area (Å²) in [6.07, 6.45) is 0. The number of nitrogens with zero attached hydrogens (tertiary/aromatic N) is 1. The van der Waals surface area contributed by atoms with Crippen LogP contribution in [-0.4, -0.2) is 38.7 Å². The predicted octanol–water partition coefficient (Wildman–Crippen LogP) is 5.41. The summed E-state index contributed by atoms with van der Waals surface area (Å²) in [7, 11) is 4.44. The van der Waals surface area contributed by atoms with E-state index < -0.39 is 23.4 Å². The fraction of sp³-hybridized carbons (Fsp3) is 0.267. The van der Waals surface area contributed by atoms with E-state index in [1.165, 1.54) is 26.2 Å². The summed E-state index contributed by atoms with van der Waals surface area (Å²) in [4.78, 5) is 29.0. The van der Waals surface area contributed by atoms with Crippen molar-refractivity contribution in [3.05, 3.63) is 82.9 Å². The quantitative estimate of drug-likeness (QED) is 0.410. The molecule has 3 aromatic rings. The zero-order chi connectivity index (χ0) is 27.9. The standard InChI is InChI=1S/C30H31ClN2O5/c1-30(2,3)32-29(35)27(21-13-15-22(31)16-14-21)33(26(34)17-12-20-10-8-7-9-11-20)23-18-24(36-4)28(38-6)25(19-23)37-5/h7-11,13-16,18-19,27H,1-6H3,(H,32,35). The van der Waals surface area contributed by atoms with Crippen molar-refractivity contribution in [1.82, 2.24) is 5.32 Å². The van der Waals surface area contributed by atoms with Crippen molar-refractivity contribution < 1.29 is 23.8 Å². The molecule has 7 nitrogen and oxygen atoms in total. The van der Waals surface area contributed by atoms with E-state index in [2.05, 4.69) is 17.2 Å². The maximum Gasteiger partial charge on any atom is 0.304 e. The van der Waals surface area contributed by atoms with Crippen molar-refractivity contribution in [3.8, 4) is 29.1 Å². The van der Waals surface area contributed by atoms with Crippen LogP contribution in [-0.2, 0) is 9.59 Å². The lowest BCUT2D eigenvalue weighted by Crippen LogP contribution is -2.49. The van der Waals surface area contributed by atoms with Crippen molar-refractivity contribution in [2.45, 2.75) is 32.4 Å². The van der Waals surface area contributed by atoms with E-state index in [0.717, 1.165) is 0 Å². The van der Waals surface area contributed by atoms with Crippen molar-refractivity contribution in [1.29, 1.82) is 0 Å². The van der Waals surface area contributed by atoms with Gasteiger partial charge in [0.2, 0.25) is 11.7 Å². The first-order valence-electron chi connectivity index (χ1n) is 11.9. The summed E-state index contributed by atoms with van der Waals surface area (Å²) in [5, 5.41) is 3.49. The number of anilines is 1. The monoisotopic (exact) mass is 534 g/mol. The minimum Gasteiger partial charge on any atom is -0.493 e. The number of methoxy groups -OCH3 is 3. The number of hydrogen-bond acceptors (Lipinski definition) is 5. The Balaban J connectivity index is 2.27. The number of hydrogen-bond donors (Lipinski definition) is 1. The predicted molar refractivity (Wildman–Crippen MR) is 149 cm³/mol. The van der Waals surface area contributed by atoms with E-state index in [1.54, 1.807) is 48.5 Å². The highest BCUT2D eigenvalue weighted by Crippen LogP contribution is 2.43. The number of benzene rings is 3. The maximum atomic E-state index is 13.9. The van der Waals surface area contributed by atoms with Crippen LogP contribution in [0.5, 0.6) is 17.2 Å². The molecular formula is C30H31ClN2O5. The summed E-state index contributed by atoms with van der Waals surface area (Å²) in [6.45, 7) is 5.60. The van der Waals surface area contributed by atoms with Gasteiger partial charge < -0.3 is 19.5 Å². The highest BCUT2D eigenvalue weighted by Gasteiger charge is 2.35. The Morgan fingerprint density at radius 1 is 0.895 bits per heavy atom. The Morgan fingerprint density at radius 2 is 1.47 bits per heavy atom. The molecular weight excluding hydrogens is 504 g/mol. The number of halogens is 1. The first kappa shape index (κ1) is 28.4. The molecule has 0 bridgehead atoms. The number of carbonyl (C=O) groups excluding carboxylic acids is 2. The van der Waals surface area contributed by atoms with Gasteiger partial charge in [0.15, 0.2) is 11.5 Å². The fourth-order valence-electron chi connectivity index (χ4n) is 3.80. The number of carbonyl (C=O) groups is 2. The van der Waals surface area contributed by atoms with Crippen molar-refractivity contribution >= 4 is 29.1 Å². The molecule has 38 heavy (non-hydrogen) atoms. The highest BCUT2D eigenvalue weighted by molar-refractivity contribution is 6.30. The molecule has 1 unspecified atom stereocenters. The second-order valence-corrected chi connectivity index (χ2v) is 9.80. The lowest BCUT2D eigenvalue weighted by Gasteiger charge is -2.33. The second kappa shape index (κ2) is 12.4. The van der Waals surface area contributed by atoms with Crippen LogP contribution in [0.15, 0.2) is 66.7 Å². The lowest BCUT2D eigenvalue weighted by molar-refractivity contribution is -0.126. The maximum absolute atomic E-state index is 13.9. The Kier molecular flexibility index (Phi) is 9.27. The third kappa shape index (κ3) is 6.99. The van der Waals surface area contributed by atoms with Gasteiger partial charge in [-0.15, -0.1) is 0 Å². The van der Waals surface area contributed by atoms with E-state index in [1.807, 2.05) is 39.0 Å². The number of amides is 2. The van der Waals surface area contributed by atoms with Gasteiger partial charge in [-0.25, -0.2) is 0 Å². The molecule has 198 valence electrons. The topological polar surface area (TPSA) is 77.1 Å². The first-order chi connectivity index (χ1) is 18.1. The molecule has 0 aromatic heterocycles. The Morgan fingerprint density at radius 3 is 1.97 bits per heavy atom. The van der Waals surface area contributed by atoms with Crippen LogP contribution in [0.4, 0.5) is 5.69 Å². The molecule has 1 N–H and O–H groups in total. The Hall–Kier alpha value is -4.15. The molecule has 1 atom stereocenters. The molecule has 0 spiro atoms. The molecule has 0 saturated heterocycles. The number of nitrogens with one attached hydrogen (secondary N) is 1. The van der Waals surface area contributed by atoms with Crippen LogP contribution in [0.3, 0.4) is 0 Å². The summed E-state index contributed by atoms with van der Waals surface area (Å²) in [5.74, 6) is 5.58. The third-order valence-electron chi connectivity index (χ3n) is 5.42. The van der Waals surface area contributed by atoms with Crippen LogP contribution in [0.1, 0.15) is 37.9 Å². The van der Waals surface area contributed by atoms with Crippen LogP contribution < -0.4 is 24.4 Å². The summed E-state index contributed by atoms with van der Waals surface area (Å²) < 4.78 is 16.5. The van der Waals surface area contributed by atoms with Crippen LogP contribution in [0.2, 0.25) is 5.02 Å². The largest absolute Gasteiger partial charge is 0.493 e. The van der Waals surface area contributed by atoms with Gasteiger partial charge in [0.1, 0.15) is 6.04 Å². The normalized spacial score (nSPS) is 11.4. The van der Waals surface area contributed by atoms with Crippen molar-refractivity contribution in [2.24, 2.45) is 0 Å². The minimum absolute atomic E-state index is 0.321. The molecule has 0 fully saturated rings. The van der Waals surface area contributed by atoms with Gasteiger partial charge in [-0.2, -0.15) is 0 Å². The first-order valence-corrected chi connectivity index (χ1v) is 12.2. The molecule has 3 aromatic carbocycles. The molecule has 0 aliphatic heterocycles. The number of rotatable bonds is 7. The molecule has 0 aliphatic carbocycles. The Bertz CT molecular complexity index is 1310. The lowest BCUT2D eigenvalue weighted by atomic mass is 10.0. The van der Waals surface area contributed by atoms with E-state index >= 15 is 0 Å². The smallest absolute Gasteiger partial charge is 0.304 e. The molecule has 0 saturated carbocycles. The zero-order valence-corrected chi connectivity index (χ0v) is 23.1. The summed E-state index contributed by atoms with van der Waals surface area (Å²) in [6, 6.07) is 18.0. The SMILES string of the molecule is COc1cc(N(C(=O)C#Cc2ccccc2)C(C(=O)NC(C)(C)C)c2ccc(Cl)cc2)cc(OC)c1OC. The third-order valence-corrected chi connectivity index (χ3v) is 5.68. The summed E-state index contributed by atoms with van der Waals surface area (Å²) >= 11 is 6.14. The molecule has 2 amide bonds. The molecule has 3 rings (SSSR count). The van der Waals surface area contributed by atoms with E-state index in [9.17, 15) is 9.59 Å². The van der Waals surface area contributed by atoms with Gasteiger partial charge in [0.25, 0.3) is 0 Å². The van der Waals surface area contributed by atoms with Gasteiger partial charge in [0.05, 0.1) is 27.0 Å². The molecule has 8 heteroatoms. The average Bonchev–Trinajstić information content (AvgIpc) is 2.89. The fourth-order valence-corrected chi connectivity index (χ4v) is 3.92. The van der Waals surface area contributed by atoms with Crippen LogP contribution >= 0.6 is 11.6 Å². The molecule has 0 aliphatic rings. The van der Waals surface area contributed by atoms with E-state index in [0.29, 0.717) is 39.1 Å². The molecule has 0 heterocycles.